The highest BCUT2D eigenvalue weighted by atomic mass is 32.2. The molecule has 2 aliphatic heterocycles. The van der Waals surface area contributed by atoms with Crippen molar-refractivity contribution in [1.29, 1.82) is 0 Å². The summed E-state index contributed by atoms with van der Waals surface area (Å²) in [5, 5.41) is 0. The number of benzene rings is 1. The van der Waals surface area contributed by atoms with Gasteiger partial charge in [0.15, 0.2) is 28.9 Å². The lowest BCUT2D eigenvalue weighted by molar-refractivity contribution is -0.268. The maximum atomic E-state index is 13.7. The molecule has 1 aromatic rings. The van der Waals surface area contributed by atoms with E-state index in [1.54, 1.807) is 24.3 Å². The molecule has 2 saturated heterocycles. The van der Waals surface area contributed by atoms with Gasteiger partial charge in [-0.25, -0.2) is 0 Å². The summed E-state index contributed by atoms with van der Waals surface area (Å²) in [6.45, 7) is 4.03. The zero-order chi connectivity index (χ0) is 30.4. The van der Waals surface area contributed by atoms with Crippen LogP contribution in [-0.4, -0.2) is 90.5 Å². The predicted octanol–water partition coefficient (Wildman–Crippen LogP) is 1.99. The molecular weight excluding hydrogens is 582 g/mol. The molecule has 222 valence electrons. The van der Waals surface area contributed by atoms with Crippen molar-refractivity contribution in [1.82, 2.24) is 4.90 Å². The fourth-order valence-electron chi connectivity index (χ4n) is 4.21. The van der Waals surface area contributed by atoms with Crippen molar-refractivity contribution in [3.8, 4) is 11.5 Å². The Morgan fingerprint density at radius 1 is 0.927 bits per heavy atom. The van der Waals surface area contributed by atoms with Gasteiger partial charge >= 0.3 is 23.9 Å². The molecule has 0 bridgehead atoms. The number of carbonyl (C=O) groups is 5. The minimum Gasteiger partial charge on any atom is -0.497 e. The van der Waals surface area contributed by atoms with Gasteiger partial charge in [0.2, 0.25) is 0 Å². The topological polar surface area (TPSA) is 153 Å². The second kappa shape index (κ2) is 13.8. The van der Waals surface area contributed by atoms with E-state index in [1.807, 2.05) is 0 Å². The fraction of sp³-hybridized carbons (Fsp3) is 0.462. The first-order chi connectivity index (χ1) is 19.4. The molecule has 2 fully saturated rings. The van der Waals surface area contributed by atoms with Crippen molar-refractivity contribution in [2.75, 3.05) is 20.8 Å². The summed E-state index contributed by atoms with van der Waals surface area (Å²) in [6, 6.07) is 5.03. The second-order valence-corrected chi connectivity index (χ2v) is 10.4. The Kier molecular flexibility index (Phi) is 10.7. The first kappa shape index (κ1) is 31.8. The van der Waals surface area contributed by atoms with Crippen molar-refractivity contribution in [3.63, 3.8) is 0 Å². The SMILES string of the molecule is COc1ccc(OC)c(C=C2SC(=S)N(C3OC(COC(C)=O)C(OC(C)=O)C(OC(C)=O)C3OC(C)=O)C2=O)c1. The van der Waals surface area contributed by atoms with Gasteiger partial charge in [-0.2, -0.15) is 0 Å². The van der Waals surface area contributed by atoms with E-state index < -0.39 is 67.0 Å². The highest BCUT2D eigenvalue weighted by molar-refractivity contribution is 8.26. The number of carbonyl (C=O) groups excluding carboxylic acids is 5. The largest absolute Gasteiger partial charge is 0.497 e. The summed E-state index contributed by atoms with van der Waals surface area (Å²) in [4.78, 5) is 62.8. The normalized spacial score (nSPS) is 25.0. The number of nitrogens with zero attached hydrogens (tertiary/aromatic N) is 1. The van der Waals surface area contributed by atoms with Crippen molar-refractivity contribution in [2.24, 2.45) is 0 Å². The van der Waals surface area contributed by atoms with Gasteiger partial charge in [-0.1, -0.05) is 24.0 Å². The summed E-state index contributed by atoms with van der Waals surface area (Å²) in [7, 11) is 2.97. The number of ether oxygens (including phenoxy) is 7. The monoisotopic (exact) mass is 611 g/mol. The number of thioether (sulfide) groups is 1. The smallest absolute Gasteiger partial charge is 0.303 e. The van der Waals surface area contributed by atoms with E-state index >= 15 is 0 Å². The van der Waals surface area contributed by atoms with Crippen LogP contribution in [-0.2, 0) is 47.7 Å². The van der Waals surface area contributed by atoms with Crippen LogP contribution in [0, 0.1) is 0 Å². The maximum absolute atomic E-state index is 13.7. The van der Waals surface area contributed by atoms with E-state index in [0.29, 0.717) is 17.1 Å². The zero-order valence-electron chi connectivity index (χ0n) is 23.1. The van der Waals surface area contributed by atoms with Crippen LogP contribution in [0.1, 0.15) is 33.3 Å². The molecular formula is C26H29NO12S2. The standard InChI is InChI=1S/C26H29NO12S2/c1-12(28)35-11-19-21(36-13(2)29)22(37-14(3)30)23(38-15(4)31)25(39-19)27-24(32)20(41-26(27)40)10-16-9-17(33-5)7-8-18(16)34-6/h7-10,19,21-23,25H,11H2,1-6H3. The van der Waals surface area contributed by atoms with Crippen LogP contribution < -0.4 is 9.47 Å². The maximum Gasteiger partial charge on any atom is 0.303 e. The van der Waals surface area contributed by atoms with Crippen molar-refractivity contribution in [3.05, 3.63) is 28.7 Å². The number of esters is 4. The number of hydrogen-bond acceptors (Lipinski definition) is 14. The molecule has 0 saturated carbocycles. The van der Waals surface area contributed by atoms with Crippen LogP contribution >= 0.6 is 24.0 Å². The van der Waals surface area contributed by atoms with Gasteiger partial charge in [-0.05, 0) is 24.3 Å². The van der Waals surface area contributed by atoms with Gasteiger partial charge in [0.05, 0.1) is 19.1 Å². The average Bonchev–Trinajstić information content (AvgIpc) is 3.16. The Hall–Kier alpha value is -3.69. The molecule has 0 radical (unpaired) electrons. The van der Waals surface area contributed by atoms with Crippen molar-refractivity contribution in [2.45, 2.75) is 58.3 Å². The molecule has 5 atom stereocenters. The molecule has 2 heterocycles. The number of amides is 1. The molecule has 0 N–H and O–H groups in total. The Morgan fingerprint density at radius 2 is 1.54 bits per heavy atom. The van der Waals surface area contributed by atoms with Crippen LogP contribution in [0.25, 0.3) is 6.08 Å². The highest BCUT2D eigenvalue weighted by Gasteiger charge is 2.56. The molecule has 0 aromatic heterocycles. The van der Waals surface area contributed by atoms with Gasteiger partial charge in [0, 0.05) is 33.3 Å². The number of methoxy groups -OCH3 is 2. The number of hydrogen-bond donors (Lipinski definition) is 0. The van der Waals surface area contributed by atoms with Gasteiger partial charge in [-0.15, -0.1) is 0 Å². The predicted molar refractivity (Wildman–Crippen MR) is 147 cm³/mol. The number of thiocarbonyl (C=S) groups is 1. The van der Waals surface area contributed by atoms with Gasteiger partial charge in [-0.3, -0.25) is 28.9 Å². The Labute approximate surface area is 245 Å². The molecule has 0 spiro atoms. The Morgan fingerprint density at radius 3 is 2.10 bits per heavy atom. The summed E-state index contributed by atoms with van der Waals surface area (Å²) in [5.74, 6) is -2.68. The lowest BCUT2D eigenvalue weighted by Gasteiger charge is -2.46. The molecule has 2 aliphatic rings. The third-order valence-electron chi connectivity index (χ3n) is 5.77. The van der Waals surface area contributed by atoms with Crippen LogP contribution in [0.15, 0.2) is 23.1 Å². The lowest BCUT2D eigenvalue weighted by atomic mass is 9.96. The zero-order valence-corrected chi connectivity index (χ0v) is 24.7. The highest BCUT2D eigenvalue weighted by Crippen LogP contribution is 2.40. The first-order valence-electron chi connectivity index (χ1n) is 12.2. The third kappa shape index (κ3) is 7.74. The Balaban J connectivity index is 2.08. The lowest BCUT2D eigenvalue weighted by Crippen LogP contribution is -2.66. The van der Waals surface area contributed by atoms with E-state index in [4.69, 9.17) is 45.4 Å². The molecule has 5 unspecified atom stereocenters. The summed E-state index contributed by atoms with van der Waals surface area (Å²) in [6.07, 6.45) is -5.45. The third-order valence-corrected chi connectivity index (χ3v) is 7.10. The minimum atomic E-state index is -1.48. The van der Waals surface area contributed by atoms with Crippen LogP contribution in [0.4, 0.5) is 0 Å². The van der Waals surface area contributed by atoms with Crippen molar-refractivity contribution < 1.29 is 57.1 Å². The van der Waals surface area contributed by atoms with E-state index in [9.17, 15) is 24.0 Å². The van der Waals surface area contributed by atoms with Crippen LogP contribution in [0.2, 0.25) is 0 Å². The van der Waals surface area contributed by atoms with Crippen molar-refractivity contribution >= 4 is 64.2 Å². The van der Waals surface area contributed by atoms with E-state index in [1.165, 1.54) is 14.2 Å². The summed E-state index contributed by atoms with van der Waals surface area (Å²) in [5.41, 5.74) is 0.522. The van der Waals surface area contributed by atoms with Crippen LogP contribution in [0.5, 0.6) is 11.5 Å². The number of rotatable bonds is 9. The quantitative estimate of drug-likeness (QED) is 0.173. The van der Waals surface area contributed by atoms with Gasteiger partial charge < -0.3 is 33.2 Å². The Bertz CT molecular complexity index is 1260. The van der Waals surface area contributed by atoms with E-state index in [2.05, 4.69) is 0 Å². The molecule has 13 nitrogen and oxygen atoms in total. The molecule has 15 heteroatoms. The molecule has 1 amide bonds. The minimum absolute atomic E-state index is 0.0315. The summed E-state index contributed by atoms with van der Waals surface area (Å²) >= 11 is 6.45. The van der Waals surface area contributed by atoms with Gasteiger partial charge in [0.1, 0.15) is 24.2 Å². The second-order valence-electron chi connectivity index (χ2n) is 8.75. The molecule has 3 rings (SSSR count). The van der Waals surface area contributed by atoms with Gasteiger partial charge in [0.25, 0.3) is 5.91 Å². The molecule has 41 heavy (non-hydrogen) atoms. The molecule has 0 aliphatic carbocycles. The van der Waals surface area contributed by atoms with Crippen LogP contribution in [0.3, 0.4) is 0 Å². The first-order valence-corrected chi connectivity index (χ1v) is 13.4. The van der Waals surface area contributed by atoms with E-state index in [-0.39, 0.29) is 9.23 Å². The average molecular weight is 612 g/mol. The fourth-order valence-corrected chi connectivity index (χ4v) is 5.51. The van der Waals surface area contributed by atoms with E-state index in [0.717, 1.165) is 44.4 Å². The molecule has 1 aromatic carbocycles. The summed E-state index contributed by atoms with van der Waals surface area (Å²) < 4.78 is 38.2.